The predicted molar refractivity (Wildman–Crippen MR) is 76.1 cm³/mol. The van der Waals surface area contributed by atoms with Gasteiger partial charge in [0.05, 0.1) is 0 Å². The Morgan fingerprint density at radius 2 is 1.83 bits per heavy atom. The topological polar surface area (TPSA) is 37.8 Å². The predicted octanol–water partition coefficient (Wildman–Crippen LogP) is 3.98. The molecule has 0 aliphatic heterocycles. The van der Waals surface area contributed by atoms with E-state index >= 15 is 0 Å². The molecule has 0 spiro atoms. The van der Waals surface area contributed by atoms with Crippen LogP contribution in [-0.4, -0.2) is 16.2 Å². The second-order valence-corrected chi connectivity index (χ2v) is 6.09. The molecule has 1 fully saturated rings. The van der Waals surface area contributed by atoms with E-state index in [1.54, 1.807) is 0 Å². The van der Waals surface area contributed by atoms with Crippen molar-refractivity contribution in [3.63, 3.8) is 0 Å². The highest BCUT2D eigenvalue weighted by Gasteiger charge is 2.26. The van der Waals surface area contributed by atoms with Gasteiger partial charge in [-0.25, -0.2) is 0 Å². The van der Waals surface area contributed by atoms with Crippen molar-refractivity contribution in [2.75, 3.05) is 5.32 Å². The number of halogens is 1. The summed E-state index contributed by atoms with van der Waals surface area (Å²) in [6, 6.07) is 0.509. The van der Waals surface area contributed by atoms with E-state index in [2.05, 4.69) is 29.4 Å². The van der Waals surface area contributed by atoms with Gasteiger partial charge in [-0.1, -0.05) is 25.4 Å². The number of rotatable bonds is 2. The highest BCUT2D eigenvalue weighted by molar-refractivity contribution is 6.30. The molecule has 1 saturated carbocycles. The minimum absolute atomic E-state index is 0.503. The molecule has 0 saturated heterocycles. The van der Waals surface area contributed by atoms with Gasteiger partial charge in [0, 0.05) is 6.04 Å². The van der Waals surface area contributed by atoms with Gasteiger partial charge in [0.25, 0.3) is 0 Å². The van der Waals surface area contributed by atoms with Gasteiger partial charge < -0.3 is 5.32 Å². The highest BCUT2D eigenvalue weighted by Crippen LogP contribution is 2.31. The molecule has 1 aliphatic carbocycles. The van der Waals surface area contributed by atoms with Crippen molar-refractivity contribution < 1.29 is 0 Å². The lowest BCUT2D eigenvalue weighted by Gasteiger charge is -2.33. The van der Waals surface area contributed by atoms with Gasteiger partial charge in [-0.05, 0) is 56.1 Å². The number of aromatic nitrogens is 2. The fraction of sp³-hybridized carbons (Fsp3) is 0.714. The van der Waals surface area contributed by atoms with Gasteiger partial charge in [0.1, 0.15) is 0 Å². The van der Waals surface area contributed by atoms with Crippen molar-refractivity contribution in [3.05, 3.63) is 16.3 Å². The Balaban J connectivity index is 2.12. The normalized spacial score (nSPS) is 28.2. The first-order valence-electron chi connectivity index (χ1n) is 6.75. The number of hydrogen-bond acceptors (Lipinski definition) is 3. The van der Waals surface area contributed by atoms with Crippen LogP contribution in [0.2, 0.25) is 5.15 Å². The van der Waals surface area contributed by atoms with E-state index in [0.717, 1.165) is 22.9 Å². The van der Waals surface area contributed by atoms with Crippen molar-refractivity contribution in [1.29, 1.82) is 0 Å². The number of hydrogen-bond donors (Lipinski definition) is 1. The van der Waals surface area contributed by atoms with Crippen molar-refractivity contribution in [1.82, 2.24) is 10.2 Å². The SMILES string of the molecule is Cc1c(Cl)nnc(NC2CCC(C)CC2C)c1C. The minimum atomic E-state index is 0.503. The van der Waals surface area contributed by atoms with E-state index in [0.29, 0.717) is 17.1 Å². The lowest BCUT2D eigenvalue weighted by molar-refractivity contribution is 0.276. The molecule has 0 bridgehead atoms. The third-order valence-electron chi connectivity index (χ3n) is 4.22. The lowest BCUT2D eigenvalue weighted by atomic mass is 9.80. The summed E-state index contributed by atoms with van der Waals surface area (Å²) in [6.07, 6.45) is 3.79. The molecule has 1 heterocycles. The molecule has 0 amide bonds. The molecule has 18 heavy (non-hydrogen) atoms. The monoisotopic (exact) mass is 267 g/mol. The van der Waals surface area contributed by atoms with Crippen LogP contribution in [0.15, 0.2) is 0 Å². The first kappa shape index (κ1) is 13.6. The Morgan fingerprint density at radius 3 is 2.50 bits per heavy atom. The van der Waals surface area contributed by atoms with E-state index in [4.69, 9.17) is 11.6 Å². The summed E-state index contributed by atoms with van der Waals surface area (Å²) in [5.74, 6) is 2.42. The smallest absolute Gasteiger partial charge is 0.155 e. The minimum Gasteiger partial charge on any atom is -0.365 e. The Kier molecular flexibility index (Phi) is 4.10. The van der Waals surface area contributed by atoms with Crippen LogP contribution in [0.3, 0.4) is 0 Å². The Bertz CT molecular complexity index is 433. The average Bonchev–Trinajstić information content (AvgIpc) is 2.33. The average molecular weight is 268 g/mol. The van der Waals surface area contributed by atoms with Crippen LogP contribution in [0.1, 0.15) is 44.2 Å². The van der Waals surface area contributed by atoms with Gasteiger partial charge in [0.15, 0.2) is 11.0 Å². The summed E-state index contributed by atoms with van der Waals surface area (Å²) < 4.78 is 0. The molecule has 1 N–H and O–H groups in total. The lowest BCUT2D eigenvalue weighted by Crippen LogP contribution is -2.33. The molecule has 4 heteroatoms. The quantitative estimate of drug-likeness (QED) is 0.881. The van der Waals surface area contributed by atoms with Crippen molar-refractivity contribution in [2.24, 2.45) is 11.8 Å². The summed E-state index contributed by atoms with van der Waals surface area (Å²) >= 11 is 5.98. The molecule has 0 aromatic carbocycles. The molecule has 3 unspecified atom stereocenters. The molecule has 3 atom stereocenters. The van der Waals surface area contributed by atoms with E-state index in [-0.39, 0.29) is 0 Å². The molecule has 1 aromatic heterocycles. The van der Waals surface area contributed by atoms with Crippen LogP contribution < -0.4 is 5.32 Å². The molecule has 1 aliphatic rings. The van der Waals surface area contributed by atoms with Crippen molar-refractivity contribution in [3.8, 4) is 0 Å². The maximum atomic E-state index is 5.98. The van der Waals surface area contributed by atoms with Crippen LogP contribution in [0.25, 0.3) is 0 Å². The molecule has 100 valence electrons. The largest absolute Gasteiger partial charge is 0.365 e. The highest BCUT2D eigenvalue weighted by atomic mass is 35.5. The second-order valence-electron chi connectivity index (χ2n) is 5.74. The third kappa shape index (κ3) is 2.77. The summed E-state index contributed by atoms with van der Waals surface area (Å²) in [6.45, 7) is 8.70. The van der Waals surface area contributed by atoms with E-state index in [1.807, 2.05) is 13.8 Å². The van der Waals surface area contributed by atoms with Crippen LogP contribution in [0, 0.1) is 25.7 Å². The Labute approximate surface area is 114 Å². The Hall–Kier alpha value is -0.830. The van der Waals surface area contributed by atoms with Crippen LogP contribution in [-0.2, 0) is 0 Å². The maximum absolute atomic E-state index is 5.98. The van der Waals surface area contributed by atoms with Crippen molar-refractivity contribution in [2.45, 2.75) is 53.0 Å². The van der Waals surface area contributed by atoms with E-state index < -0.39 is 0 Å². The molecular formula is C14H22ClN3. The Morgan fingerprint density at radius 1 is 1.11 bits per heavy atom. The first-order valence-corrected chi connectivity index (χ1v) is 7.12. The van der Waals surface area contributed by atoms with Gasteiger partial charge in [-0.3, -0.25) is 0 Å². The van der Waals surface area contributed by atoms with Crippen LogP contribution in [0.4, 0.5) is 5.82 Å². The second kappa shape index (κ2) is 5.43. The number of nitrogens with zero attached hydrogens (tertiary/aromatic N) is 2. The molecule has 2 rings (SSSR count). The fourth-order valence-electron chi connectivity index (χ4n) is 2.77. The number of nitrogens with one attached hydrogen (secondary N) is 1. The van der Waals surface area contributed by atoms with Crippen molar-refractivity contribution >= 4 is 17.4 Å². The zero-order valence-corrected chi connectivity index (χ0v) is 12.4. The standard InChI is InChI=1S/C14H22ClN3/c1-8-5-6-12(9(2)7-8)16-14-11(4)10(3)13(15)17-18-14/h8-9,12H,5-7H2,1-4H3,(H,16,18). The van der Waals surface area contributed by atoms with Gasteiger partial charge in [-0.2, -0.15) is 0 Å². The summed E-state index contributed by atoms with van der Waals surface area (Å²) in [7, 11) is 0. The van der Waals surface area contributed by atoms with Crippen LogP contribution >= 0.6 is 11.6 Å². The zero-order chi connectivity index (χ0) is 13.3. The molecule has 1 aromatic rings. The summed E-state index contributed by atoms with van der Waals surface area (Å²) in [5.41, 5.74) is 2.13. The third-order valence-corrected chi connectivity index (χ3v) is 4.58. The summed E-state index contributed by atoms with van der Waals surface area (Å²) in [5, 5.41) is 12.2. The van der Waals surface area contributed by atoms with Gasteiger partial charge >= 0.3 is 0 Å². The van der Waals surface area contributed by atoms with Gasteiger partial charge in [-0.15, -0.1) is 10.2 Å². The first-order chi connectivity index (χ1) is 8.49. The van der Waals surface area contributed by atoms with E-state index in [9.17, 15) is 0 Å². The molecule has 3 nitrogen and oxygen atoms in total. The zero-order valence-electron chi connectivity index (χ0n) is 11.6. The summed E-state index contributed by atoms with van der Waals surface area (Å²) in [4.78, 5) is 0. The number of anilines is 1. The molecule has 0 radical (unpaired) electrons. The van der Waals surface area contributed by atoms with Gasteiger partial charge in [0.2, 0.25) is 0 Å². The van der Waals surface area contributed by atoms with E-state index in [1.165, 1.54) is 19.3 Å². The fourth-order valence-corrected chi connectivity index (χ4v) is 2.95. The van der Waals surface area contributed by atoms with Crippen LogP contribution in [0.5, 0.6) is 0 Å². The molecular weight excluding hydrogens is 246 g/mol. The maximum Gasteiger partial charge on any atom is 0.155 e.